The van der Waals surface area contributed by atoms with Gasteiger partial charge in [-0.2, -0.15) is 0 Å². The zero-order valence-electron chi connectivity index (χ0n) is 32.3. The van der Waals surface area contributed by atoms with E-state index >= 15 is 4.79 Å². The van der Waals surface area contributed by atoms with Crippen molar-refractivity contribution in [3.8, 4) is 0 Å². The first-order valence-electron chi connectivity index (χ1n) is 20.4. The van der Waals surface area contributed by atoms with Gasteiger partial charge in [0, 0.05) is 25.5 Å². The van der Waals surface area contributed by atoms with Gasteiger partial charge in [-0.3, -0.25) is 33.8 Å². The molecule has 5 aliphatic rings. The minimum absolute atomic E-state index is 0.0455. The maximum absolute atomic E-state index is 15.5. The monoisotopic (exact) mass is 753 g/mol. The van der Waals surface area contributed by atoms with Crippen LogP contribution in [0.4, 0.5) is 0 Å². The summed E-state index contributed by atoms with van der Waals surface area (Å²) in [7, 11) is 0. The van der Waals surface area contributed by atoms with Gasteiger partial charge in [-0.25, -0.2) is 4.98 Å². The molecule has 1 aromatic carbocycles. The molecule has 55 heavy (non-hydrogen) atoms. The number of amides is 5. The van der Waals surface area contributed by atoms with Gasteiger partial charge < -0.3 is 25.8 Å². The third kappa shape index (κ3) is 7.63. The first-order chi connectivity index (χ1) is 26.5. The van der Waals surface area contributed by atoms with Gasteiger partial charge in [0.2, 0.25) is 23.5 Å². The standard InChI is InChI=1S/C42H55N7O6/c1-4-17-45-39(53)35(50)31(21-26-12-13-26)46-38(52)34-30(25(2)3)14-20-48(34)40(54)33(29-22-27-10-6-7-11-28(27)23-29)49-41(55)36(42(49)15-8-5-9-16-42)47-37(51)32-24-43-18-19-44-32/h6-7,10-11,18-19,24-26,29-31,33-34,36H,4-5,8-9,12-17,20-23H2,1-3H3,(H,45,53)(H,46,52)(H,47,51)/t30-,31?,33+,34+,36-/m1/s1. The molecule has 4 fully saturated rings. The number of carbonyl (C=O) groups excluding carboxylic acids is 6. The molecule has 13 heteroatoms. The number of ketones is 1. The summed E-state index contributed by atoms with van der Waals surface area (Å²) in [5, 5.41) is 8.61. The van der Waals surface area contributed by atoms with Crippen molar-refractivity contribution < 1.29 is 28.8 Å². The zero-order valence-corrected chi connectivity index (χ0v) is 32.3. The molecule has 294 valence electrons. The molecule has 0 bridgehead atoms. The molecule has 3 aliphatic carbocycles. The Bertz CT molecular complexity index is 1770. The quantitative estimate of drug-likeness (QED) is 0.195. The Morgan fingerprint density at radius 2 is 1.67 bits per heavy atom. The Kier molecular flexibility index (Phi) is 11.4. The molecular weight excluding hydrogens is 699 g/mol. The van der Waals surface area contributed by atoms with E-state index < -0.39 is 53.2 Å². The van der Waals surface area contributed by atoms with Gasteiger partial charge in [0.15, 0.2) is 0 Å². The van der Waals surface area contributed by atoms with Crippen molar-refractivity contribution in [1.82, 2.24) is 35.7 Å². The third-order valence-corrected chi connectivity index (χ3v) is 12.9. The summed E-state index contributed by atoms with van der Waals surface area (Å²) in [4.78, 5) is 95.9. The van der Waals surface area contributed by atoms with Crippen LogP contribution in [-0.4, -0.2) is 97.9 Å². The molecule has 2 saturated carbocycles. The van der Waals surface area contributed by atoms with Crippen LogP contribution < -0.4 is 16.0 Å². The van der Waals surface area contributed by atoms with Crippen LogP contribution in [0.3, 0.4) is 0 Å². The lowest BCUT2D eigenvalue weighted by molar-refractivity contribution is -0.183. The highest BCUT2D eigenvalue weighted by Gasteiger charge is 2.65. The summed E-state index contributed by atoms with van der Waals surface area (Å²) in [5.41, 5.74) is 1.62. The van der Waals surface area contributed by atoms with Crippen LogP contribution in [0.5, 0.6) is 0 Å². The molecule has 1 spiro atoms. The van der Waals surface area contributed by atoms with Crippen molar-refractivity contribution >= 4 is 35.3 Å². The van der Waals surface area contributed by atoms with E-state index in [0.717, 1.165) is 43.2 Å². The number of rotatable bonds is 14. The number of hydrogen-bond acceptors (Lipinski definition) is 8. The number of nitrogens with one attached hydrogen (secondary N) is 3. The summed E-state index contributed by atoms with van der Waals surface area (Å²) in [6.45, 7) is 6.67. The van der Waals surface area contributed by atoms with E-state index in [4.69, 9.17) is 0 Å². The third-order valence-electron chi connectivity index (χ3n) is 12.9. The number of carbonyl (C=O) groups is 6. The van der Waals surface area contributed by atoms with Crippen LogP contribution in [0.25, 0.3) is 0 Å². The molecule has 2 aliphatic heterocycles. The average molecular weight is 754 g/mol. The first-order valence-corrected chi connectivity index (χ1v) is 20.4. The lowest BCUT2D eigenvalue weighted by atomic mass is 9.66. The van der Waals surface area contributed by atoms with Crippen molar-refractivity contribution in [3.05, 3.63) is 59.7 Å². The second-order valence-corrected chi connectivity index (χ2v) is 16.8. The van der Waals surface area contributed by atoms with Gasteiger partial charge in [0.1, 0.15) is 23.8 Å². The maximum Gasteiger partial charge on any atom is 0.289 e. The van der Waals surface area contributed by atoms with E-state index in [1.54, 1.807) is 9.80 Å². The Hall–Kier alpha value is -4.68. The lowest BCUT2D eigenvalue weighted by Crippen LogP contribution is -2.83. The minimum Gasteiger partial charge on any atom is -0.349 e. The fourth-order valence-corrected chi connectivity index (χ4v) is 9.85. The number of nitrogens with zero attached hydrogens (tertiary/aromatic N) is 4. The zero-order chi connectivity index (χ0) is 38.9. The van der Waals surface area contributed by atoms with Crippen molar-refractivity contribution in [1.29, 1.82) is 0 Å². The molecule has 1 aromatic heterocycles. The molecule has 0 radical (unpaired) electrons. The summed E-state index contributed by atoms with van der Waals surface area (Å²) in [5.74, 6) is -2.98. The molecule has 2 saturated heterocycles. The van der Waals surface area contributed by atoms with Gasteiger partial charge in [0.05, 0.1) is 17.8 Å². The van der Waals surface area contributed by atoms with Gasteiger partial charge in [-0.15, -0.1) is 0 Å². The van der Waals surface area contributed by atoms with E-state index in [0.29, 0.717) is 58.0 Å². The molecule has 1 unspecified atom stereocenters. The highest BCUT2D eigenvalue weighted by Crippen LogP contribution is 2.49. The SMILES string of the molecule is CCCNC(=O)C(=O)C(CC1CC1)NC(=O)[C@@H]1[C@@H](C(C)C)CCN1C(=O)[C@H](C1Cc2ccccc2C1)N1C(=O)[C@@H](NC(=O)c2cnccn2)C12CCCCC2. The van der Waals surface area contributed by atoms with Gasteiger partial charge >= 0.3 is 0 Å². The van der Waals surface area contributed by atoms with Crippen molar-refractivity contribution in [2.24, 2.45) is 23.7 Å². The highest BCUT2D eigenvalue weighted by atomic mass is 16.2. The number of hydrogen-bond donors (Lipinski definition) is 3. The van der Waals surface area contributed by atoms with Crippen LogP contribution in [0.15, 0.2) is 42.9 Å². The topological polar surface area (TPSA) is 171 Å². The van der Waals surface area contributed by atoms with E-state index in [-0.39, 0.29) is 41.2 Å². The molecule has 2 aromatic rings. The van der Waals surface area contributed by atoms with Crippen LogP contribution >= 0.6 is 0 Å². The number of likely N-dealkylation sites (tertiary alicyclic amines) is 2. The number of benzene rings is 1. The Balaban J connectivity index is 1.21. The van der Waals surface area contributed by atoms with Crippen LogP contribution in [-0.2, 0) is 36.8 Å². The second kappa shape index (κ2) is 16.2. The molecular formula is C42H55N7O6. The molecule has 7 rings (SSSR count). The number of Topliss-reactive ketones (excluding diaryl/α,β-unsaturated/α-hetero) is 1. The Morgan fingerprint density at radius 3 is 2.29 bits per heavy atom. The van der Waals surface area contributed by atoms with Crippen molar-refractivity contribution in [2.75, 3.05) is 13.1 Å². The molecule has 5 atom stereocenters. The molecule has 5 amide bonds. The fourth-order valence-electron chi connectivity index (χ4n) is 9.85. The Morgan fingerprint density at radius 1 is 0.964 bits per heavy atom. The fraction of sp³-hybridized carbons (Fsp3) is 0.619. The van der Waals surface area contributed by atoms with Gasteiger partial charge in [0.25, 0.3) is 11.8 Å². The van der Waals surface area contributed by atoms with Crippen LogP contribution in [0.1, 0.15) is 107 Å². The summed E-state index contributed by atoms with van der Waals surface area (Å²) < 4.78 is 0. The predicted octanol–water partition coefficient (Wildman–Crippen LogP) is 3.16. The summed E-state index contributed by atoms with van der Waals surface area (Å²) >= 11 is 0. The largest absolute Gasteiger partial charge is 0.349 e. The maximum atomic E-state index is 15.5. The summed E-state index contributed by atoms with van der Waals surface area (Å²) in [6.07, 6.45) is 13.0. The lowest BCUT2D eigenvalue weighted by Gasteiger charge is -2.62. The molecule has 13 nitrogen and oxygen atoms in total. The number of β-lactam (4-membered cyclic amide) rings is 1. The van der Waals surface area contributed by atoms with Gasteiger partial charge in [-0.05, 0) is 79.7 Å². The molecule has 3 N–H and O–H groups in total. The van der Waals surface area contributed by atoms with Crippen LogP contribution in [0, 0.1) is 23.7 Å². The van der Waals surface area contributed by atoms with E-state index in [1.165, 1.54) is 18.6 Å². The van der Waals surface area contributed by atoms with Gasteiger partial charge in [-0.1, -0.05) is 77.1 Å². The normalized spacial score (nSPS) is 24.2. The minimum atomic E-state index is -0.983. The molecule has 3 heterocycles. The van der Waals surface area contributed by atoms with Crippen molar-refractivity contribution in [3.63, 3.8) is 0 Å². The predicted molar refractivity (Wildman–Crippen MR) is 203 cm³/mol. The van der Waals surface area contributed by atoms with Crippen LogP contribution in [0.2, 0.25) is 0 Å². The first kappa shape index (κ1) is 38.6. The summed E-state index contributed by atoms with van der Waals surface area (Å²) in [6, 6.07) is 4.57. The van der Waals surface area contributed by atoms with E-state index in [9.17, 15) is 24.0 Å². The Labute approximate surface area is 323 Å². The smallest absolute Gasteiger partial charge is 0.289 e. The van der Waals surface area contributed by atoms with Crippen molar-refractivity contribution in [2.45, 2.75) is 128 Å². The number of aromatic nitrogens is 2. The highest BCUT2D eigenvalue weighted by molar-refractivity contribution is 6.38. The van der Waals surface area contributed by atoms with E-state index in [2.05, 4.69) is 38.1 Å². The average Bonchev–Trinajstić information content (AvgIpc) is 3.72. The van der Waals surface area contributed by atoms with E-state index in [1.807, 2.05) is 32.9 Å². The second-order valence-electron chi connectivity index (χ2n) is 16.8. The number of fused-ring (bicyclic) bond motifs is 1.